The van der Waals surface area contributed by atoms with E-state index in [0.29, 0.717) is 0 Å². The van der Waals surface area contributed by atoms with Crippen molar-refractivity contribution in [3.63, 3.8) is 0 Å². The molecule has 0 spiro atoms. The zero-order valence-electron chi connectivity index (χ0n) is 11.3. The minimum atomic E-state index is -0.0525. The molecule has 1 aliphatic heterocycles. The van der Waals surface area contributed by atoms with E-state index >= 15 is 0 Å². The molecule has 3 heteroatoms. The van der Waals surface area contributed by atoms with Gasteiger partial charge in [-0.2, -0.15) is 0 Å². The fourth-order valence-electron chi connectivity index (χ4n) is 3.61. The summed E-state index contributed by atoms with van der Waals surface area (Å²) in [4.78, 5) is 5.18. The average Bonchev–Trinajstić information content (AvgIpc) is 3.05. The lowest BCUT2D eigenvalue weighted by Crippen LogP contribution is -2.41. The van der Waals surface area contributed by atoms with Crippen molar-refractivity contribution >= 4 is 11.3 Å². The molecule has 2 aliphatic rings. The first-order valence-corrected chi connectivity index (χ1v) is 8.11. The standard InChI is InChI=1S/C16H21NOS/c18-11-3-6-14-8-9-15(19-14)12-17-10-2-5-13-4-1-7-16(13)17/h8-9,13,16,18H,1-2,4-5,7,10-12H2. The number of nitrogens with zero attached hydrogens (tertiary/aromatic N) is 1. The van der Waals surface area contributed by atoms with Crippen LogP contribution in [-0.2, 0) is 6.54 Å². The third-order valence-electron chi connectivity index (χ3n) is 4.42. The summed E-state index contributed by atoms with van der Waals surface area (Å²) >= 11 is 1.77. The van der Waals surface area contributed by atoms with Crippen molar-refractivity contribution < 1.29 is 5.11 Å². The van der Waals surface area contributed by atoms with Crippen molar-refractivity contribution in [2.24, 2.45) is 5.92 Å². The predicted molar refractivity (Wildman–Crippen MR) is 79.1 cm³/mol. The van der Waals surface area contributed by atoms with Crippen molar-refractivity contribution in [1.82, 2.24) is 4.90 Å². The van der Waals surface area contributed by atoms with Crippen LogP contribution in [0, 0.1) is 17.8 Å². The lowest BCUT2D eigenvalue weighted by atomic mass is 9.92. The summed E-state index contributed by atoms with van der Waals surface area (Å²) in [6, 6.07) is 5.12. The SMILES string of the molecule is OCC#Cc1ccc(CN2CCCC3CCCC32)s1. The van der Waals surface area contributed by atoms with Gasteiger partial charge in [0.2, 0.25) is 0 Å². The number of hydrogen-bond donors (Lipinski definition) is 1. The second kappa shape index (κ2) is 6.09. The molecule has 2 fully saturated rings. The molecule has 0 radical (unpaired) electrons. The van der Waals surface area contributed by atoms with Crippen LogP contribution in [0.1, 0.15) is 41.9 Å². The molecule has 2 atom stereocenters. The largest absolute Gasteiger partial charge is 0.384 e. The molecule has 1 saturated heterocycles. The molecule has 2 heterocycles. The highest BCUT2D eigenvalue weighted by molar-refractivity contribution is 7.12. The predicted octanol–water partition coefficient (Wildman–Crippen LogP) is 2.86. The topological polar surface area (TPSA) is 23.5 Å². The van der Waals surface area contributed by atoms with Crippen LogP contribution in [0.2, 0.25) is 0 Å². The molecule has 19 heavy (non-hydrogen) atoms. The Morgan fingerprint density at radius 1 is 1.26 bits per heavy atom. The third-order valence-corrected chi connectivity index (χ3v) is 5.40. The molecule has 1 N–H and O–H groups in total. The quantitative estimate of drug-likeness (QED) is 0.839. The Hall–Kier alpha value is -0.820. The smallest absolute Gasteiger partial charge is 0.104 e. The van der Waals surface area contributed by atoms with Crippen molar-refractivity contribution in [3.8, 4) is 11.8 Å². The molecule has 1 aromatic heterocycles. The van der Waals surface area contributed by atoms with Crippen molar-refractivity contribution in [3.05, 3.63) is 21.9 Å². The van der Waals surface area contributed by atoms with Crippen molar-refractivity contribution in [2.45, 2.75) is 44.7 Å². The summed E-state index contributed by atoms with van der Waals surface area (Å²) in [5.74, 6) is 6.68. The zero-order valence-corrected chi connectivity index (χ0v) is 12.1. The Bertz CT molecular complexity index is 484. The van der Waals surface area contributed by atoms with Gasteiger partial charge < -0.3 is 5.11 Å². The highest BCUT2D eigenvalue weighted by Crippen LogP contribution is 2.37. The first kappa shape index (κ1) is 13.2. The van der Waals surface area contributed by atoms with Gasteiger partial charge in [-0.1, -0.05) is 18.3 Å². The second-order valence-corrected chi connectivity index (χ2v) is 6.77. The highest BCUT2D eigenvalue weighted by Gasteiger charge is 2.34. The molecule has 2 nitrogen and oxygen atoms in total. The first-order valence-electron chi connectivity index (χ1n) is 7.29. The normalized spacial score (nSPS) is 26.8. The Kier molecular flexibility index (Phi) is 4.22. The van der Waals surface area contributed by atoms with Crippen LogP contribution >= 0.6 is 11.3 Å². The summed E-state index contributed by atoms with van der Waals surface area (Å²) in [7, 11) is 0. The fraction of sp³-hybridized carbons (Fsp3) is 0.625. The Morgan fingerprint density at radius 2 is 2.16 bits per heavy atom. The molecule has 0 bridgehead atoms. The number of aliphatic hydroxyl groups excluding tert-OH is 1. The molecule has 0 aromatic carbocycles. The van der Waals surface area contributed by atoms with Crippen LogP contribution < -0.4 is 0 Å². The van der Waals surface area contributed by atoms with Gasteiger partial charge in [-0.05, 0) is 50.3 Å². The number of aliphatic hydroxyl groups is 1. The Balaban J connectivity index is 1.65. The highest BCUT2D eigenvalue weighted by atomic mass is 32.1. The maximum atomic E-state index is 8.72. The maximum Gasteiger partial charge on any atom is 0.104 e. The van der Waals surface area contributed by atoms with Crippen molar-refractivity contribution in [1.29, 1.82) is 0 Å². The summed E-state index contributed by atoms with van der Waals surface area (Å²) in [6.07, 6.45) is 7.07. The van der Waals surface area contributed by atoms with Crippen LogP contribution in [0.5, 0.6) is 0 Å². The molecule has 1 aromatic rings. The zero-order chi connectivity index (χ0) is 13.1. The number of thiophene rings is 1. The molecule has 1 aliphatic carbocycles. The molecule has 2 unspecified atom stereocenters. The monoisotopic (exact) mass is 275 g/mol. The summed E-state index contributed by atoms with van der Waals surface area (Å²) < 4.78 is 0. The van der Waals surface area contributed by atoms with Crippen LogP contribution in [0.15, 0.2) is 12.1 Å². The molecule has 102 valence electrons. The van der Waals surface area contributed by atoms with Gasteiger partial charge in [0.15, 0.2) is 0 Å². The molecular formula is C16H21NOS. The lowest BCUT2D eigenvalue weighted by molar-refractivity contribution is 0.107. The minimum absolute atomic E-state index is 0.0525. The molecule has 1 saturated carbocycles. The van der Waals surface area contributed by atoms with Gasteiger partial charge in [0, 0.05) is 17.5 Å². The Labute approximate surface area is 119 Å². The number of hydrogen-bond acceptors (Lipinski definition) is 3. The van der Waals surface area contributed by atoms with Crippen LogP contribution in [0.4, 0.5) is 0 Å². The van der Waals surface area contributed by atoms with Gasteiger partial charge in [-0.3, -0.25) is 4.90 Å². The number of fused-ring (bicyclic) bond motifs is 1. The van der Waals surface area contributed by atoms with E-state index in [1.807, 2.05) is 0 Å². The molecule has 3 rings (SSSR count). The van der Waals surface area contributed by atoms with Gasteiger partial charge in [0.1, 0.15) is 6.61 Å². The first-order chi connectivity index (χ1) is 9.36. The molecular weight excluding hydrogens is 254 g/mol. The minimum Gasteiger partial charge on any atom is -0.384 e. The maximum absolute atomic E-state index is 8.72. The van der Waals surface area contributed by atoms with E-state index < -0.39 is 0 Å². The third kappa shape index (κ3) is 3.02. The number of rotatable bonds is 2. The van der Waals surface area contributed by atoms with Gasteiger partial charge in [0.05, 0.1) is 4.88 Å². The number of likely N-dealkylation sites (tertiary alicyclic amines) is 1. The van der Waals surface area contributed by atoms with Crippen LogP contribution in [0.25, 0.3) is 0 Å². The number of piperidine rings is 1. The van der Waals surface area contributed by atoms with Crippen LogP contribution in [0.3, 0.4) is 0 Å². The fourth-order valence-corrected chi connectivity index (χ4v) is 4.52. The summed E-state index contributed by atoms with van der Waals surface area (Å²) in [6.45, 7) is 2.30. The van der Waals surface area contributed by atoms with E-state index in [1.165, 1.54) is 43.5 Å². The van der Waals surface area contributed by atoms with Gasteiger partial charge >= 0.3 is 0 Å². The van der Waals surface area contributed by atoms with Gasteiger partial charge in [0.25, 0.3) is 0 Å². The van der Waals surface area contributed by atoms with Crippen molar-refractivity contribution in [2.75, 3.05) is 13.2 Å². The van der Waals surface area contributed by atoms with Gasteiger partial charge in [-0.25, -0.2) is 0 Å². The van der Waals surface area contributed by atoms with E-state index in [-0.39, 0.29) is 6.61 Å². The Morgan fingerprint density at radius 3 is 3.05 bits per heavy atom. The van der Waals surface area contributed by atoms with Crippen LogP contribution in [-0.4, -0.2) is 29.2 Å². The lowest BCUT2D eigenvalue weighted by Gasteiger charge is -2.37. The summed E-state index contributed by atoms with van der Waals surface area (Å²) in [5, 5.41) is 8.72. The van der Waals surface area contributed by atoms with Gasteiger partial charge in [-0.15, -0.1) is 11.3 Å². The van der Waals surface area contributed by atoms with E-state index in [4.69, 9.17) is 5.11 Å². The van der Waals surface area contributed by atoms with E-state index in [9.17, 15) is 0 Å². The van der Waals surface area contributed by atoms with E-state index in [2.05, 4.69) is 28.9 Å². The van der Waals surface area contributed by atoms with E-state index in [0.717, 1.165) is 23.4 Å². The average molecular weight is 275 g/mol. The molecule has 0 amide bonds. The second-order valence-electron chi connectivity index (χ2n) is 5.60. The van der Waals surface area contributed by atoms with E-state index in [1.54, 1.807) is 11.3 Å². The summed E-state index contributed by atoms with van der Waals surface area (Å²) in [5.41, 5.74) is 0.